The largest absolute Gasteiger partial charge is 0.291 e. The van der Waals surface area contributed by atoms with E-state index in [1.165, 1.54) is 11.3 Å². The number of aromatic nitrogens is 2. The zero-order chi connectivity index (χ0) is 13.9. The van der Waals surface area contributed by atoms with Gasteiger partial charge in [0.2, 0.25) is 5.95 Å². The van der Waals surface area contributed by atoms with Crippen LogP contribution in [0.15, 0.2) is 45.6 Å². The molecule has 3 rings (SSSR count). The second-order valence-electron chi connectivity index (χ2n) is 3.98. The third kappa shape index (κ3) is 2.71. The molecule has 0 bridgehead atoms. The summed E-state index contributed by atoms with van der Waals surface area (Å²) >= 11 is 7.28. The lowest BCUT2D eigenvalue weighted by Gasteiger charge is -1.99. The van der Waals surface area contributed by atoms with E-state index < -0.39 is 0 Å². The first-order chi connectivity index (χ1) is 9.72. The minimum absolute atomic E-state index is 0.184. The summed E-state index contributed by atoms with van der Waals surface area (Å²) in [5.41, 5.74) is 3.37. The first kappa shape index (κ1) is 12.8. The van der Waals surface area contributed by atoms with Crippen LogP contribution in [0.25, 0.3) is 10.2 Å². The third-order valence-corrected chi connectivity index (χ3v) is 3.61. The van der Waals surface area contributed by atoms with Gasteiger partial charge in [0.05, 0.1) is 11.6 Å². The Balaban J connectivity index is 1.81. The van der Waals surface area contributed by atoms with Gasteiger partial charge >= 0.3 is 0 Å². The van der Waals surface area contributed by atoms with Crippen molar-refractivity contribution in [3.63, 3.8) is 0 Å². The van der Waals surface area contributed by atoms with Gasteiger partial charge in [0.1, 0.15) is 4.83 Å². The van der Waals surface area contributed by atoms with Gasteiger partial charge in [0.25, 0.3) is 5.56 Å². The maximum Gasteiger partial charge on any atom is 0.261 e. The van der Waals surface area contributed by atoms with Crippen molar-refractivity contribution in [1.29, 1.82) is 0 Å². The molecule has 0 radical (unpaired) electrons. The van der Waals surface area contributed by atoms with Crippen LogP contribution in [0.4, 0.5) is 5.95 Å². The number of hydrogen-bond donors (Lipinski definition) is 2. The summed E-state index contributed by atoms with van der Waals surface area (Å²) in [4.78, 5) is 19.3. The Morgan fingerprint density at radius 2 is 2.30 bits per heavy atom. The predicted molar refractivity (Wildman–Crippen MR) is 82.9 cm³/mol. The average molecular weight is 305 g/mol. The molecule has 3 aromatic rings. The molecule has 0 atom stereocenters. The lowest BCUT2D eigenvalue weighted by atomic mass is 10.2. The second kappa shape index (κ2) is 5.44. The van der Waals surface area contributed by atoms with Crippen molar-refractivity contribution >= 4 is 45.3 Å². The molecule has 0 aliphatic carbocycles. The fourth-order valence-corrected chi connectivity index (χ4v) is 2.64. The first-order valence-corrected chi connectivity index (χ1v) is 7.00. The maximum atomic E-state index is 11.7. The normalized spacial score (nSPS) is 11.2. The van der Waals surface area contributed by atoms with Gasteiger partial charge in [-0.05, 0) is 29.1 Å². The van der Waals surface area contributed by atoms with Crippen LogP contribution in [0.5, 0.6) is 0 Å². The minimum atomic E-state index is -0.184. The van der Waals surface area contributed by atoms with Gasteiger partial charge in [0, 0.05) is 5.02 Å². The van der Waals surface area contributed by atoms with Gasteiger partial charge in [-0.25, -0.2) is 10.4 Å². The topological polar surface area (TPSA) is 70.1 Å². The standard InChI is InChI=1S/C13H9ClN4OS/c14-9-3-1-2-8(6-9)7-15-18-13-16-11(19)10-4-5-20-12(10)17-13/h1-7H,(H2,16,17,18,19)/b15-7+. The molecule has 5 nitrogen and oxygen atoms in total. The van der Waals surface area contributed by atoms with Crippen LogP contribution >= 0.6 is 22.9 Å². The Hall–Kier alpha value is -2.18. The monoisotopic (exact) mass is 304 g/mol. The molecule has 0 fully saturated rings. The van der Waals surface area contributed by atoms with Crippen molar-refractivity contribution in [2.24, 2.45) is 5.10 Å². The highest BCUT2D eigenvalue weighted by Crippen LogP contribution is 2.15. The molecule has 0 amide bonds. The van der Waals surface area contributed by atoms with E-state index >= 15 is 0 Å². The number of rotatable bonds is 3. The van der Waals surface area contributed by atoms with Crippen molar-refractivity contribution in [3.05, 3.63) is 56.7 Å². The van der Waals surface area contributed by atoms with Crippen LogP contribution in [-0.4, -0.2) is 16.2 Å². The molecule has 0 saturated heterocycles. The molecular weight excluding hydrogens is 296 g/mol. The number of aromatic amines is 1. The highest BCUT2D eigenvalue weighted by Gasteiger charge is 2.03. The summed E-state index contributed by atoms with van der Waals surface area (Å²) in [7, 11) is 0. The van der Waals surface area contributed by atoms with Crippen molar-refractivity contribution in [1.82, 2.24) is 9.97 Å². The SMILES string of the molecule is O=c1[nH]c(N/N=C/c2cccc(Cl)c2)nc2sccc12. The van der Waals surface area contributed by atoms with Gasteiger partial charge in [-0.1, -0.05) is 23.7 Å². The van der Waals surface area contributed by atoms with Crippen molar-refractivity contribution in [2.75, 3.05) is 5.43 Å². The summed E-state index contributed by atoms with van der Waals surface area (Å²) in [6.07, 6.45) is 1.60. The fourth-order valence-electron chi connectivity index (χ4n) is 1.67. The fraction of sp³-hybridized carbons (Fsp3) is 0. The molecule has 1 aromatic carbocycles. The van der Waals surface area contributed by atoms with Gasteiger partial charge < -0.3 is 0 Å². The highest BCUT2D eigenvalue weighted by molar-refractivity contribution is 7.16. The quantitative estimate of drug-likeness (QED) is 0.577. The van der Waals surface area contributed by atoms with E-state index in [4.69, 9.17) is 11.6 Å². The molecule has 20 heavy (non-hydrogen) atoms. The molecule has 0 spiro atoms. The lowest BCUT2D eigenvalue weighted by Crippen LogP contribution is -2.09. The number of halogens is 1. The maximum absolute atomic E-state index is 11.7. The molecule has 0 aliphatic rings. The first-order valence-electron chi connectivity index (χ1n) is 5.74. The number of hydrazone groups is 1. The van der Waals surface area contributed by atoms with E-state index in [-0.39, 0.29) is 5.56 Å². The predicted octanol–water partition coefficient (Wildman–Crippen LogP) is 3.08. The summed E-state index contributed by atoms with van der Waals surface area (Å²) in [5.74, 6) is 0.309. The smallest absolute Gasteiger partial charge is 0.261 e. The molecule has 0 saturated carbocycles. The van der Waals surface area contributed by atoms with Crippen LogP contribution < -0.4 is 11.0 Å². The number of thiophene rings is 1. The van der Waals surface area contributed by atoms with E-state index in [1.54, 1.807) is 24.4 Å². The molecule has 0 aliphatic heterocycles. The van der Waals surface area contributed by atoms with Crippen molar-refractivity contribution in [3.8, 4) is 0 Å². The van der Waals surface area contributed by atoms with Crippen LogP contribution in [-0.2, 0) is 0 Å². The Kier molecular flexibility index (Phi) is 3.49. The number of anilines is 1. The van der Waals surface area contributed by atoms with E-state index in [9.17, 15) is 4.79 Å². The molecule has 2 heterocycles. The van der Waals surface area contributed by atoms with Crippen LogP contribution in [0.2, 0.25) is 5.02 Å². The Morgan fingerprint density at radius 3 is 3.15 bits per heavy atom. The minimum Gasteiger partial charge on any atom is -0.291 e. The number of benzene rings is 1. The van der Waals surface area contributed by atoms with Crippen LogP contribution in [0.3, 0.4) is 0 Å². The second-order valence-corrected chi connectivity index (χ2v) is 5.31. The third-order valence-electron chi connectivity index (χ3n) is 2.57. The van der Waals surface area contributed by atoms with E-state index in [0.29, 0.717) is 21.2 Å². The molecule has 0 unspecified atom stereocenters. The van der Waals surface area contributed by atoms with E-state index in [2.05, 4.69) is 20.5 Å². The number of nitrogens with one attached hydrogen (secondary N) is 2. The molecule has 7 heteroatoms. The van der Waals surface area contributed by atoms with Gasteiger partial charge in [-0.15, -0.1) is 11.3 Å². The van der Waals surface area contributed by atoms with Gasteiger partial charge in [-0.3, -0.25) is 9.78 Å². The van der Waals surface area contributed by atoms with Crippen LogP contribution in [0.1, 0.15) is 5.56 Å². The zero-order valence-corrected chi connectivity index (χ0v) is 11.7. The Morgan fingerprint density at radius 1 is 1.40 bits per heavy atom. The molecule has 2 N–H and O–H groups in total. The lowest BCUT2D eigenvalue weighted by molar-refractivity contribution is 1.13. The number of nitrogens with zero attached hydrogens (tertiary/aromatic N) is 2. The zero-order valence-electron chi connectivity index (χ0n) is 10.1. The van der Waals surface area contributed by atoms with E-state index in [0.717, 1.165) is 5.56 Å². The van der Waals surface area contributed by atoms with Gasteiger partial charge in [-0.2, -0.15) is 5.10 Å². The average Bonchev–Trinajstić information content (AvgIpc) is 2.88. The molecule has 2 aromatic heterocycles. The Bertz CT molecular complexity index is 840. The summed E-state index contributed by atoms with van der Waals surface area (Å²) in [5, 5.41) is 7.07. The number of hydrogen-bond acceptors (Lipinski definition) is 5. The van der Waals surface area contributed by atoms with Crippen LogP contribution in [0, 0.1) is 0 Å². The highest BCUT2D eigenvalue weighted by atomic mass is 35.5. The van der Waals surface area contributed by atoms with Crippen molar-refractivity contribution < 1.29 is 0 Å². The Labute approximate surface area is 122 Å². The molecular formula is C13H9ClN4OS. The summed E-state index contributed by atoms with van der Waals surface area (Å²) in [6.45, 7) is 0. The molecule has 100 valence electrons. The summed E-state index contributed by atoms with van der Waals surface area (Å²) in [6, 6.07) is 9.02. The van der Waals surface area contributed by atoms with Gasteiger partial charge in [0.15, 0.2) is 0 Å². The van der Waals surface area contributed by atoms with E-state index in [1.807, 2.05) is 17.5 Å². The summed E-state index contributed by atoms with van der Waals surface area (Å²) < 4.78 is 0. The number of H-pyrrole nitrogens is 1. The van der Waals surface area contributed by atoms with Crippen molar-refractivity contribution in [2.45, 2.75) is 0 Å². The number of fused-ring (bicyclic) bond motifs is 1.